The Balaban J connectivity index is 1.25. The molecule has 0 spiro atoms. The van der Waals surface area contributed by atoms with Gasteiger partial charge in [-0.2, -0.15) is 0 Å². The lowest BCUT2D eigenvalue weighted by atomic mass is 10.1. The lowest BCUT2D eigenvalue weighted by molar-refractivity contribution is -0.122. The van der Waals surface area contributed by atoms with E-state index in [1.54, 1.807) is 18.2 Å². The zero-order valence-corrected chi connectivity index (χ0v) is 23.1. The van der Waals surface area contributed by atoms with E-state index >= 15 is 0 Å². The molecule has 5 amide bonds. The van der Waals surface area contributed by atoms with Crippen LogP contribution in [-0.2, 0) is 21.0 Å². The normalized spacial score (nSPS) is 14.0. The van der Waals surface area contributed by atoms with Crippen LogP contribution < -0.4 is 25.0 Å². The average Bonchev–Trinajstić information content (AvgIpc) is 3.00. The number of nitrogens with one attached hydrogen (secondary N) is 2. The molecule has 1 fully saturated rings. The molecule has 0 saturated carbocycles. The molecule has 0 aliphatic carbocycles. The Hall–Kier alpha value is -5.48. The topological polar surface area (TPSA) is 114 Å². The number of benzene rings is 4. The summed E-state index contributed by atoms with van der Waals surface area (Å²) in [5.74, 6) is -2.19. The van der Waals surface area contributed by atoms with Crippen molar-refractivity contribution in [3.05, 3.63) is 125 Å². The molecule has 216 valence electrons. The highest BCUT2D eigenvalue weighted by molar-refractivity contribution is 6.39. The number of ether oxygens (including phenoxy) is 2. The summed E-state index contributed by atoms with van der Waals surface area (Å²) in [5, 5.41) is 4.66. The number of imide groups is 2. The number of barbiturate groups is 1. The minimum Gasteiger partial charge on any atom is -0.489 e. The van der Waals surface area contributed by atoms with Crippen LogP contribution in [0.2, 0.25) is 5.02 Å². The number of para-hydroxylation sites is 1. The van der Waals surface area contributed by atoms with E-state index in [0.29, 0.717) is 17.9 Å². The highest BCUT2D eigenvalue weighted by Crippen LogP contribution is 2.28. The first-order valence-electron chi connectivity index (χ1n) is 12.9. The third kappa shape index (κ3) is 7.06. The molecule has 0 unspecified atom stereocenters. The van der Waals surface area contributed by atoms with Gasteiger partial charge in [0.15, 0.2) is 6.61 Å². The van der Waals surface area contributed by atoms with Crippen molar-refractivity contribution in [2.75, 3.05) is 16.8 Å². The Morgan fingerprint density at radius 2 is 1.63 bits per heavy atom. The molecule has 1 heterocycles. The van der Waals surface area contributed by atoms with Crippen LogP contribution in [0.25, 0.3) is 6.08 Å². The van der Waals surface area contributed by atoms with E-state index in [-0.39, 0.29) is 27.7 Å². The van der Waals surface area contributed by atoms with Crippen molar-refractivity contribution in [3.63, 3.8) is 0 Å². The lowest BCUT2D eigenvalue weighted by Crippen LogP contribution is -2.54. The molecule has 11 heteroatoms. The number of hydrogen-bond donors (Lipinski definition) is 2. The Morgan fingerprint density at radius 3 is 2.35 bits per heavy atom. The fourth-order valence-corrected chi connectivity index (χ4v) is 4.35. The van der Waals surface area contributed by atoms with Gasteiger partial charge in [-0.25, -0.2) is 14.1 Å². The minimum absolute atomic E-state index is 0.0134. The first kappa shape index (κ1) is 29.0. The summed E-state index contributed by atoms with van der Waals surface area (Å²) in [6, 6.07) is 25.1. The Labute approximate surface area is 250 Å². The molecule has 1 aliphatic heterocycles. The Kier molecular flexibility index (Phi) is 8.78. The van der Waals surface area contributed by atoms with Gasteiger partial charge in [-0.1, -0.05) is 60.1 Å². The van der Waals surface area contributed by atoms with Gasteiger partial charge in [-0.15, -0.1) is 0 Å². The molecule has 4 aromatic rings. The summed E-state index contributed by atoms with van der Waals surface area (Å²) in [5.41, 5.74) is 1.31. The molecule has 4 aromatic carbocycles. The predicted octanol–water partition coefficient (Wildman–Crippen LogP) is 5.74. The summed E-state index contributed by atoms with van der Waals surface area (Å²) in [4.78, 5) is 51.4. The van der Waals surface area contributed by atoms with Crippen molar-refractivity contribution in [2.24, 2.45) is 0 Å². The molecule has 0 aromatic heterocycles. The fraction of sp³-hybridized carbons (Fsp3) is 0.0625. The fourth-order valence-electron chi connectivity index (χ4n) is 4.11. The monoisotopic (exact) mass is 599 g/mol. The summed E-state index contributed by atoms with van der Waals surface area (Å²) < 4.78 is 24.9. The average molecular weight is 600 g/mol. The first-order valence-corrected chi connectivity index (χ1v) is 13.3. The van der Waals surface area contributed by atoms with Gasteiger partial charge < -0.3 is 14.8 Å². The van der Waals surface area contributed by atoms with E-state index in [2.05, 4.69) is 10.6 Å². The Bertz CT molecular complexity index is 1730. The number of anilines is 2. The third-order valence-electron chi connectivity index (χ3n) is 6.22. The van der Waals surface area contributed by atoms with E-state index in [0.717, 1.165) is 10.5 Å². The molecular formula is C32H23ClFN3O6. The van der Waals surface area contributed by atoms with Crippen molar-refractivity contribution >= 4 is 52.8 Å². The summed E-state index contributed by atoms with van der Waals surface area (Å²) in [6.45, 7) is -0.0967. The van der Waals surface area contributed by atoms with Crippen molar-refractivity contribution in [1.29, 1.82) is 0 Å². The van der Waals surface area contributed by atoms with E-state index in [4.69, 9.17) is 21.1 Å². The maximum atomic E-state index is 13.7. The standard InChI is InChI=1S/C32H23ClFN3O6/c33-25-17-21(10-15-28(25)43-19-29(38)35-27-9-5-4-8-26(27)34)16-24-30(39)36-32(41)37(31(24)40)22-11-13-23(14-12-22)42-18-20-6-2-1-3-7-20/h1-17H,18-19H2,(H,35,38)(H,36,39,41)/b24-16-. The van der Waals surface area contributed by atoms with Crippen LogP contribution in [0.4, 0.5) is 20.6 Å². The van der Waals surface area contributed by atoms with Crippen LogP contribution in [0.5, 0.6) is 11.5 Å². The molecule has 1 aliphatic rings. The molecule has 0 atom stereocenters. The van der Waals surface area contributed by atoms with E-state index in [9.17, 15) is 23.6 Å². The van der Waals surface area contributed by atoms with Crippen LogP contribution in [-0.4, -0.2) is 30.4 Å². The van der Waals surface area contributed by atoms with Gasteiger partial charge in [-0.05, 0) is 65.7 Å². The number of carbonyl (C=O) groups excluding carboxylic acids is 4. The minimum atomic E-state index is -0.888. The maximum absolute atomic E-state index is 13.7. The van der Waals surface area contributed by atoms with E-state index in [1.807, 2.05) is 30.3 Å². The summed E-state index contributed by atoms with van der Waals surface area (Å²) in [7, 11) is 0. The highest BCUT2D eigenvalue weighted by atomic mass is 35.5. The van der Waals surface area contributed by atoms with Crippen LogP contribution >= 0.6 is 11.6 Å². The molecule has 2 N–H and O–H groups in total. The highest BCUT2D eigenvalue weighted by Gasteiger charge is 2.36. The molecule has 43 heavy (non-hydrogen) atoms. The van der Waals surface area contributed by atoms with E-state index < -0.39 is 36.2 Å². The molecule has 0 radical (unpaired) electrons. The van der Waals surface area contributed by atoms with Crippen LogP contribution in [0.3, 0.4) is 0 Å². The largest absolute Gasteiger partial charge is 0.489 e. The van der Waals surface area contributed by atoms with Crippen LogP contribution in [0.15, 0.2) is 103 Å². The van der Waals surface area contributed by atoms with E-state index in [1.165, 1.54) is 54.6 Å². The van der Waals surface area contributed by atoms with Crippen LogP contribution in [0, 0.1) is 5.82 Å². The second-order valence-corrected chi connectivity index (χ2v) is 9.64. The maximum Gasteiger partial charge on any atom is 0.335 e. The SMILES string of the molecule is O=C(COc1ccc(/C=C2/C(=O)NC(=O)N(c3ccc(OCc4ccccc4)cc3)C2=O)cc1Cl)Nc1ccccc1F. The Morgan fingerprint density at radius 1 is 0.907 bits per heavy atom. The zero-order valence-electron chi connectivity index (χ0n) is 22.4. The number of amides is 5. The predicted molar refractivity (Wildman–Crippen MR) is 158 cm³/mol. The number of rotatable bonds is 9. The number of nitrogens with zero attached hydrogens (tertiary/aromatic N) is 1. The van der Waals surface area contributed by atoms with Crippen molar-refractivity contribution in [1.82, 2.24) is 5.32 Å². The van der Waals surface area contributed by atoms with Gasteiger partial charge >= 0.3 is 6.03 Å². The molecular weight excluding hydrogens is 577 g/mol. The molecule has 9 nitrogen and oxygen atoms in total. The summed E-state index contributed by atoms with van der Waals surface area (Å²) in [6.07, 6.45) is 1.29. The van der Waals surface area contributed by atoms with Crippen molar-refractivity contribution < 1.29 is 33.0 Å². The second-order valence-electron chi connectivity index (χ2n) is 9.23. The van der Waals surface area contributed by atoms with Gasteiger partial charge in [0.25, 0.3) is 17.7 Å². The number of hydrogen-bond acceptors (Lipinski definition) is 6. The van der Waals surface area contributed by atoms with Gasteiger partial charge in [0.1, 0.15) is 29.5 Å². The first-order chi connectivity index (χ1) is 20.8. The molecule has 1 saturated heterocycles. The van der Waals surface area contributed by atoms with Gasteiger partial charge in [-0.3, -0.25) is 19.7 Å². The van der Waals surface area contributed by atoms with Gasteiger partial charge in [0, 0.05) is 0 Å². The smallest absolute Gasteiger partial charge is 0.335 e. The van der Waals surface area contributed by atoms with Gasteiger partial charge in [0.2, 0.25) is 0 Å². The third-order valence-corrected chi connectivity index (χ3v) is 6.51. The number of urea groups is 1. The molecule has 0 bridgehead atoms. The van der Waals surface area contributed by atoms with Crippen molar-refractivity contribution in [3.8, 4) is 11.5 Å². The zero-order chi connectivity index (χ0) is 30.3. The van der Waals surface area contributed by atoms with Crippen LogP contribution in [0.1, 0.15) is 11.1 Å². The second kappa shape index (κ2) is 13.0. The van der Waals surface area contributed by atoms with Crippen molar-refractivity contribution in [2.45, 2.75) is 6.61 Å². The van der Waals surface area contributed by atoms with Gasteiger partial charge in [0.05, 0.1) is 16.4 Å². The quantitative estimate of drug-likeness (QED) is 0.187. The number of carbonyl (C=O) groups is 4. The molecule has 5 rings (SSSR count). The summed E-state index contributed by atoms with van der Waals surface area (Å²) >= 11 is 6.31. The lowest BCUT2D eigenvalue weighted by Gasteiger charge is -2.26. The number of halogens is 2.